The number of benzene rings is 1. The third-order valence-corrected chi connectivity index (χ3v) is 3.70. The Balaban J connectivity index is 2.00. The van der Waals surface area contributed by atoms with Crippen molar-refractivity contribution >= 4 is 11.8 Å². The normalized spacial score (nSPS) is 13.2. The molecule has 0 bridgehead atoms. The van der Waals surface area contributed by atoms with Gasteiger partial charge in [0.05, 0.1) is 5.69 Å². The van der Waals surface area contributed by atoms with Crippen LogP contribution in [-0.4, -0.2) is 34.1 Å². The largest absolute Gasteiger partial charge is 0.352 e. The Hall–Kier alpha value is -2.70. The van der Waals surface area contributed by atoms with Gasteiger partial charge in [0.2, 0.25) is 5.91 Å². The van der Waals surface area contributed by atoms with Gasteiger partial charge < -0.3 is 10.6 Å². The topological polar surface area (TPSA) is 86.9 Å². The zero-order valence-electron chi connectivity index (χ0n) is 13.9. The van der Waals surface area contributed by atoms with Crippen LogP contribution in [0.15, 0.2) is 30.3 Å². The Kier molecular flexibility index (Phi) is 5.68. The van der Waals surface area contributed by atoms with Gasteiger partial charge in [-0.1, -0.05) is 6.92 Å². The Bertz CT molecular complexity index is 712. The van der Waals surface area contributed by atoms with Crippen molar-refractivity contribution in [1.29, 1.82) is 0 Å². The summed E-state index contributed by atoms with van der Waals surface area (Å²) in [4.78, 5) is 24.1. The summed E-state index contributed by atoms with van der Waals surface area (Å²) >= 11 is 0. The van der Waals surface area contributed by atoms with Crippen molar-refractivity contribution in [3.05, 3.63) is 41.8 Å². The van der Waals surface area contributed by atoms with Crippen molar-refractivity contribution in [3.63, 3.8) is 0 Å². The maximum atomic E-state index is 12.9. The van der Waals surface area contributed by atoms with Gasteiger partial charge in [-0.2, -0.15) is 5.10 Å². The third kappa shape index (κ3) is 4.41. The first-order chi connectivity index (χ1) is 11.4. The molecule has 0 fully saturated rings. The number of aromatic nitrogens is 2. The van der Waals surface area contributed by atoms with Crippen LogP contribution in [0.4, 0.5) is 4.39 Å². The molecule has 24 heavy (non-hydrogen) atoms. The lowest BCUT2D eigenvalue weighted by molar-refractivity contribution is -0.123. The number of hydrogen-bond acceptors (Lipinski definition) is 3. The van der Waals surface area contributed by atoms with Gasteiger partial charge in [0.1, 0.15) is 17.6 Å². The lowest BCUT2D eigenvalue weighted by atomic mass is 10.1. The summed E-state index contributed by atoms with van der Waals surface area (Å²) in [6.45, 7) is 5.49. The standard InChI is InChI=1S/C17H21FN4O2/c1-4-10(2)19-16(23)11(3)20-17(24)15-9-14(21-22-15)12-5-7-13(18)8-6-12/h5-11H,4H2,1-3H3,(H,19,23)(H,20,24)(H,21,22)/t10-,11+/m0/s1. The molecule has 6 nitrogen and oxygen atoms in total. The van der Waals surface area contributed by atoms with Gasteiger partial charge in [-0.25, -0.2) is 4.39 Å². The predicted molar refractivity (Wildman–Crippen MR) is 88.8 cm³/mol. The molecule has 0 radical (unpaired) electrons. The molecule has 0 saturated heterocycles. The molecule has 1 aromatic carbocycles. The minimum atomic E-state index is -0.663. The fraction of sp³-hybridized carbons (Fsp3) is 0.353. The minimum Gasteiger partial charge on any atom is -0.352 e. The minimum absolute atomic E-state index is 0.0501. The first kappa shape index (κ1) is 17.7. The van der Waals surface area contributed by atoms with Crippen molar-refractivity contribution in [2.45, 2.75) is 39.3 Å². The Morgan fingerprint density at radius 1 is 1.21 bits per heavy atom. The van der Waals surface area contributed by atoms with Crippen molar-refractivity contribution in [3.8, 4) is 11.3 Å². The van der Waals surface area contributed by atoms with Crippen LogP contribution in [0.2, 0.25) is 0 Å². The number of H-pyrrole nitrogens is 1. The number of carbonyl (C=O) groups excluding carboxylic acids is 2. The summed E-state index contributed by atoms with van der Waals surface area (Å²) in [7, 11) is 0. The molecule has 2 aromatic rings. The number of nitrogens with one attached hydrogen (secondary N) is 3. The monoisotopic (exact) mass is 332 g/mol. The lowest BCUT2D eigenvalue weighted by Crippen LogP contribution is -2.47. The molecule has 2 atom stereocenters. The van der Waals surface area contributed by atoms with E-state index in [1.165, 1.54) is 12.1 Å². The molecule has 0 aliphatic carbocycles. The average molecular weight is 332 g/mol. The highest BCUT2D eigenvalue weighted by molar-refractivity contribution is 5.96. The Labute approximate surface area is 139 Å². The maximum absolute atomic E-state index is 12.9. The summed E-state index contributed by atoms with van der Waals surface area (Å²) in [5.74, 6) is -1.01. The van der Waals surface area contributed by atoms with E-state index in [1.54, 1.807) is 25.1 Å². The van der Waals surface area contributed by atoms with Crippen LogP contribution in [0.3, 0.4) is 0 Å². The number of aromatic amines is 1. The van der Waals surface area contributed by atoms with Crippen molar-refractivity contribution in [2.75, 3.05) is 0 Å². The van der Waals surface area contributed by atoms with Gasteiger partial charge in [0.25, 0.3) is 5.91 Å². The van der Waals surface area contributed by atoms with Gasteiger partial charge in [0.15, 0.2) is 0 Å². The zero-order chi connectivity index (χ0) is 17.7. The summed E-state index contributed by atoms with van der Waals surface area (Å²) < 4.78 is 12.9. The van der Waals surface area contributed by atoms with Crippen LogP contribution < -0.4 is 10.6 Å². The van der Waals surface area contributed by atoms with E-state index in [4.69, 9.17) is 0 Å². The number of halogens is 1. The van der Waals surface area contributed by atoms with Gasteiger partial charge in [-0.15, -0.1) is 0 Å². The van der Waals surface area contributed by atoms with Gasteiger partial charge in [-0.3, -0.25) is 14.7 Å². The smallest absolute Gasteiger partial charge is 0.269 e. The molecular weight excluding hydrogens is 311 g/mol. The Morgan fingerprint density at radius 3 is 2.50 bits per heavy atom. The van der Waals surface area contributed by atoms with E-state index in [-0.39, 0.29) is 23.5 Å². The number of hydrogen-bond donors (Lipinski definition) is 3. The van der Waals surface area contributed by atoms with Crippen molar-refractivity contribution < 1.29 is 14.0 Å². The van der Waals surface area contributed by atoms with Crippen molar-refractivity contribution in [2.24, 2.45) is 0 Å². The van der Waals surface area contributed by atoms with Crippen LogP contribution >= 0.6 is 0 Å². The summed E-state index contributed by atoms with van der Waals surface area (Å²) in [6.07, 6.45) is 0.813. The number of rotatable bonds is 6. The zero-order valence-corrected chi connectivity index (χ0v) is 13.9. The second-order valence-corrected chi connectivity index (χ2v) is 5.69. The summed E-state index contributed by atoms with van der Waals surface area (Å²) in [5.41, 5.74) is 1.45. The van der Waals surface area contributed by atoms with E-state index in [1.807, 2.05) is 13.8 Å². The van der Waals surface area contributed by atoms with Crippen LogP contribution in [-0.2, 0) is 4.79 Å². The molecule has 128 valence electrons. The lowest BCUT2D eigenvalue weighted by Gasteiger charge is -2.17. The highest BCUT2D eigenvalue weighted by atomic mass is 19.1. The highest BCUT2D eigenvalue weighted by Gasteiger charge is 2.19. The van der Waals surface area contributed by atoms with E-state index in [0.717, 1.165) is 6.42 Å². The van der Waals surface area contributed by atoms with Gasteiger partial charge >= 0.3 is 0 Å². The molecule has 3 N–H and O–H groups in total. The predicted octanol–water partition coefficient (Wildman–Crippen LogP) is 2.25. The average Bonchev–Trinajstić information content (AvgIpc) is 3.05. The second kappa shape index (κ2) is 7.72. The van der Waals surface area contributed by atoms with E-state index in [0.29, 0.717) is 11.3 Å². The molecule has 2 amide bonds. The molecule has 0 saturated carbocycles. The van der Waals surface area contributed by atoms with Gasteiger partial charge in [-0.05, 0) is 50.6 Å². The van der Waals surface area contributed by atoms with E-state index in [2.05, 4.69) is 20.8 Å². The number of carbonyl (C=O) groups is 2. The maximum Gasteiger partial charge on any atom is 0.269 e. The molecule has 0 aliphatic rings. The van der Waals surface area contributed by atoms with E-state index in [9.17, 15) is 14.0 Å². The fourth-order valence-corrected chi connectivity index (χ4v) is 2.02. The van der Waals surface area contributed by atoms with E-state index < -0.39 is 11.9 Å². The van der Waals surface area contributed by atoms with Crippen LogP contribution in [0.5, 0.6) is 0 Å². The first-order valence-electron chi connectivity index (χ1n) is 7.83. The molecule has 1 aromatic heterocycles. The Morgan fingerprint density at radius 2 is 1.88 bits per heavy atom. The molecule has 0 aliphatic heterocycles. The highest BCUT2D eigenvalue weighted by Crippen LogP contribution is 2.18. The molecule has 1 heterocycles. The fourth-order valence-electron chi connectivity index (χ4n) is 2.02. The van der Waals surface area contributed by atoms with Crippen LogP contribution in [0.1, 0.15) is 37.7 Å². The quantitative estimate of drug-likeness (QED) is 0.758. The van der Waals surface area contributed by atoms with E-state index >= 15 is 0 Å². The molecule has 2 rings (SSSR count). The number of nitrogens with zero attached hydrogens (tertiary/aromatic N) is 1. The first-order valence-corrected chi connectivity index (χ1v) is 7.83. The second-order valence-electron chi connectivity index (χ2n) is 5.69. The molecule has 0 spiro atoms. The molecular formula is C17H21FN4O2. The number of amides is 2. The molecule has 7 heteroatoms. The SMILES string of the molecule is CC[C@H](C)NC(=O)[C@@H](C)NC(=O)c1cc(-c2ccc(F)cc2)n[nH]1. The third-order valence-electron chi connectivity index (χ3n) is 3.70. The van der Waals surface area contributed by atoms with Crippen LogP contribution in [0.25, 0.3) is 11.3 Å². The molecule has 0 unspecified atom stereocenters. The van der Waals surface area contributed by atoms with Crippen LogP contribution in [0, 0.1) is 5.82 Å². The van der Waals surface area contributed by atoms with Gasteiger partial charge in [0, 0.05) is 11.6 Å². The van der Waals surface area contributed by atoms with Crippen molar-refractivity contribution in [1.82, 2.24) is 20.8 Å². The summed E-state index contributed by atoms with van der Waals surface area (Å²) in [6, 6.07) is 6.75. The summed E-state index contributed by atoms with van der Waals surface area (Å²) in [5, 5.41) is 12.1.